The van der Waals surface area contributed by atoms with Gasteiger partial charge in [0, 0.05) is 19.0 Å². The summed E-state index contributed by atoms with van der Waals surface area (Å²) >= 11 is 0.268. The van der Waals surface area contributed by atoms with Gasteiger partial charge in [0.1, 0.15) is 0 Å². The predicted molar refractivity (Wildman–Crippen MR) is 83.1 cm³/mol. The molecule has 5 heteroatoms. The average molecular weight is 313 g/mol. The fraction of sp³-hybridized carbons (Fsp3) is 0.500. The highest BCUT2D eigenvalue weighted by molar-refractivity contribution is 7.94. The van der Waals surface area contributed by atoms with Crippen LogP contribution in [0.3, 0.4) is 0 Å². The van der Waals surface area contributed by atoms with Crippen molar-refractivity contribution >= 4 is 12.0 Å². The Morgan fingerprint density at radius 1 is 1.33 bits per heavy atom. The minimum Gasteiger partial charge on any atom is -0.302 e. The van der Waals surface area contributed by atoms with Crippen molar-refractivity contribution in [3.8, 4) is 0 Å². The number of alkyl halides is 2. The molecule has 0 heterocycles. The first-order valence-electron chi connectivity index (χ1n) is 7.22. The van der Waals surface area contributed by atoms with Crippen LogP contribution in [-0.2, 0) is 10.7 Å². The number of hydrogen-bond donors (Lipinski definition) is 0. The van der Waals surface area contributed by atoms with E-state index in [9.17, 15) is 8.78 Å². The predicted octanol–water partition coefficient (Wildman–Crippen LogP) is 4.34. The highest BCUT2D eigenvalue weighted by atomic mass is 32.2. The Balaban J connectivity index is 1.86. The zero-order chi connectivity index (χ0) is 15.1. The molecule has 2 atom stereocenters. The van der Waals surface area contributed by atoms with E-state index in [2.05, 4.69) is 24.0 Å². The van der Waals surface area contributed by atoms with Crippen LogP contribution in [0.5, 0.6) is 0 Å². The second-order valence-electron chi connectivity index (χ2n) is 5.15. The van der Waals surface area contributed by atoms with Crippen LogP contribution in [0, 0.1) is 5.92 Å². The Labute approximate surface area is 129 Å². The van der Waals surface area contributed by atoms with Crippen molar-refractivity contribution in [2.75, 3.05) is 13.1 Å². The quantitative estimate of drug-likeness (QED) is 0.523. The van der Waals surface area contributed by atoms with Crippen LogP contribution in [0.4, 0.5) is 8.78 Å². The van der Waals surface area contributed by atoms with Crippen LogP contribution in [0.1, 0.15) is 18.9 Å². The summed E-state index contributed by atoms with van der Waals surface area (Å²) in [6.45, 7) is 4.78. The second-order valence-corrected chi connectivity index (χ2v) is 5.90. The summed E-state index contributed by atoms with van der Waals surface area (Å²) in [5.41, 5.74) is 1.27. The molecule has 0 aliphatic heterocycles. The summed E-state index contributed by atoms with van der Waals surface area (Å²) in [4.78, 5) is 2.33. The summed E-state index contributed by atoms with van der Waals surface area (Å²) in [5.74, 6) is -2.23. The van der Waals surface area contributed by atoms with Gasteiger partial charge in [0.05, 0.1) is 18.1 Å². The lowest BCUT2D eigenvalue weighted by Gasteiger charge is -2.27. The lowest BCUT2D eigenvalue weighted by Crippen LogP contribution is -2.33. The van der Waals surface area contributed by atoms with Gasteiger partial charge in [-0.3, -0.25) is 4.90 Å². The van der Waals surface area contributed by atoms with E-state index in [0.29, 0.717) is 0 Å². The van der Waals surface area contributed by atoms with Crippen LogP contribution in [0.25, 0.3) is 0 Å². The normalized spacial score (nSPS) is 21.6. The molecule has 0 saturated heterocycles. The summed E-state index contributed by atoms with van der Waals surface area (Å²) in [6.07, 6.45) is 4.60. The first-order valence-corrected chi connectivity index (χ1v) is 8.02. The van der Waals surface area contributed by atoms with E-state index in [-0.39, 0.29) is 24.1 Å². The van der Waals surface area contributed by atoms with Gasteiger partial charge in [-0.2, -0.15) is 8.78 Å². The van der Waals surface area contributed by atoms with Gasteiger partial charge in [-0.25, -0.2) is 0 Å². The van der Waals surface area contributed by atoms with Gasteiger partial charge < -0.3 is 4.18 Å². The van der Waals surface area contributed by atoms with Gasteiger partial charge >= 0.3 is 5.76 Å². The molecule has 0 aromatic heterocycles. The van der Waals surface area contributed by atoms with Crippen LogP contribution >= 0.6 is 12.0 Å². The Bertz CT molecular complexity index is 441. The molecule has 0 fully saturated rings. The first kappa shape index (κ1) is 16.5. The average Bonchev–Trinajstić information content (AvgIpc) is 2.92. The van der Waals surface area contributed by atoms with Crippen LogP contribution in [-0.4, -0.2) is 29.9 Å². The number of nitrogens with zero attached hydrogens (tertiary/aromatic N) is 1. The van der Waals surface area contributed by atoms with Gasteiger partial charge in [0.2, 0.25) is 0 Å². The molecule has 0 radical (unpaired) electrons. The van der Waals surface area contributed by atoms with E-state index in [0.717, 1.165) is 26.1 Å². The maximum absolute atomic E-state index is 12.2. The number of rotatable bonds is 8. The molecule has 2 rings (SSSR count). The van der Waals surface area contributed by atoms with Crippen molar-refractivity contribution < 1.29 is 13.0 Å². The van der Waals surface area contributed by atoms with Crippen molar-refractivity contribution in [2.24, 2.45) is 5.92 Å². The Morgan fingerprint density at radius 2 is 2.10 bits per heavy atom. The highest BCUT2D eigenvalue weighted by Gasteiger charge is 2.27. The van der Waals surface area contributed by atoms with E-state index >= 15 is 0 Å². The molecule has 0 spiro atoms. The molecule has 1 aliphatic carbocycles. The van der Waals surface area contributed by atoms with Gasteiger partial charge in [-0.1, -0.05) is 49.4 Å². The van der Waals surface area contributed by atoms with E-state index in [1.54, 1.807) is 0 Å². The third-order valence-electron chi connectivity index (χ3n) is 3.66. The fourth-order valence-electron chi connectivity index (χ4n) is 2.55. The Hall–Kier alpha value is -0.910. The number of allylic oxidation sites excluding steroid dienone is 1. The molecular formula is C16H21F2NOS. The highest BCUT2D eigenvalue weighted by Crippen LogP contribution is 2.29. The molecular weight excluding hydrogens is 292 g/mol. The summed E-state index contributed by atoms with van der Waals surface area (Å²) in [7, 11) is 0. The molecule has 1 aromatic carbocycles. The van der Waals surface area contributed by atoms with Gasteiger partial charge in [0.15, 0.2) is 0 Å². The number of halogens is 2. The van der Waals surface area contributed by atoms with E-state index in [1.165, 1.54) is 5.56 Å². The zero-order valence-electron chi connectivity index (χ0n) is 12.1. The fourth-order valence-corrected chi connectivity index (χ4v) is 2.99. The third-order valence-corrected chi connectivity index (χ3v) is 4.14. The van der Waals surface area contributed by atoms with Gasteiger partial charge in [0.25, 0.3) is 0 Å². The van der Waals surface area contributed by atoms with Gasteiger partial charge in [-0.15, -0.1) is 0 Å². The smallest absolute Gasteiger partial charge is 0.302 e. The minimum absolute atomic E-state index is 0.214. The Morgan fingerprint density at radius 3 is 2.76 bits per heavy atom. The topological polar surface area (TPSA) is 12.5 Å². The summed E-state index contributed by atoms with van der Waals surface area (Å²) in [6, 6.07) is 10.3. The second kappa shape index (κ2) is 8.51. The SMILES string of the molecule is CCN(Cc1ccccc1)CC1CC=CC1OSC(F)F. The lowest BCUT2D eigenvalue weighted by molar-refractivity contribution is 0.148. The van der Waals surface area contributed by atoms with Crippen LogP contribution in [0.15, 0.2) is 42.5 Å². The molecule has 2 nitrogen and oxygen atoms in total. The van der Waals surface area contributed by atoms with Crippen molar-refractivity contribution in [3.63, 3.8) is 0 Å². The molecule has 0 N–H and O–H groups in total. The molecule has 21 heavy (non-hydrogen) atoms. The van der Waals surface area contributed by atoms with Gasteiger partial charge in [-0.05, 0) is 18.5 Å². The standard InChI is InChI=1S/C16H21F2NOS/c1-2-19(11-13-7-4-3-5-8-13)12-14-9-6-10-15(14)20-21-16(17)18/h3-8,10,14-16H,2,9,11-12H2,1H3. The molecule has 0 saturated carbocycles. The molecule has 116 valence electrons. The monoisotopic (exact) mass is 313 g/mol. The first-order chi connectivity index (χ1) is 10.2. The summed E-state index contributed by atoms with van der Waals surface area (Å²) < 4.78 is 29.7. The van der Waals surface area contributed by atoms with E-state index in [1.807, 2.05) is 30.4 Å². The number of hydrogen-bond acceptors (Lipinski definition) is 3. The molecule has 2 unspecified atom stereocenters. The zero-order valence-corrected chi connectivity index (χ0v) is 12.9. The molecule has 1 aromatic rings. The van der Waals surface area contributed by atoms with E-state index < -0.39 is 5.76 Å². The van der Waals surface area contributed by atoms with Crippen molar-refractivity contribution in [3.05, 3.63) is 48.0 Å². The molecule has 0 amide bonds. The van der Waals surface area contributed by atoms with E-state index in [4.69, 9.17) is 4.18 Å². The van der Waals surface area contributed by atoms with Crippen molar-refractivity contribution in [1.82, 2.24) is 4.90 Å². The van der Waals surface area contributed by atoms with Crippen LogP contribution in [0.2, 0.25) is 0 Å². The maximum Gasteiger partial charge on any atom is 0.308 e. The molecule has 0 bridgehead atoms. The minimum atomic E-state index is -2.48. The van der Waals surface area contributed by atoms with Crippen molar-refractivity contribution in [2.45, 2.75) is 31.8 Å². The third kappa shape index (κ3) is 5.41. The largest absolute Gasteiger partial charge is 0.308 e. The lowest BCUT2D eigenvalue weighted by atomic mass is 10.0. The summed E-state index contributed by atoms with van der Waals surface area (Å²) in [5, 5.41) is 0. The van der Waals surface area contributed by atoms with Crippen molar-refractivity contribution in [1.29, 1.82) is 0 Å². The Kier molecular flexibility index (Phi) is 6.67. The molecule has 1 aliphatic rings. The number of benzene rings is 1. The maximum atomic E-state index is 12.2. The van der Waals surface area contributed by atoms with Crippen LogP contribution < -0.4 is 0 Å².